The minimum Gasteiger partial charge on any atom is -0.463 e. The molecule has 1 heterocycles. The zero-order chi connectivity index (χ0) is 23.2. The number of rotatable bonds is 9. The third-order valence-electron chi connectivity index (χ3n) is 5.55. The first kappa shape index (κ1) is 25.3. The predicted octanol–water partition coefficient (Wildman–Crippen LogP) is 6.66. The summed E-state index contributed by atoms with van der Waals surface area (Å²) >= 11 is 6.46. The highest BCUT2D eigenvalue weighted by Gasteiger charge is 2.37. The van der Waals surface area contributed by atoms with Gasteiger partial charge in [0.05, 0.1) is 6.61 Å². The Hall–Kier alpha value is -1.96. The van der Waals surface area contributed by atoms with Gasteiger partial charge >= 0.3 is 5.97 Å². The second-order valence-corrected chi connectivity index (χ2v) is 14.3. The van der Waals surface area contributed by atoms with E-state index >= 15 is 0 Å². The second kappa shape index (κ2) is 10.6. The summed E-state index contributed by atoms with van der Waals surface area (Å²) in [6.07, 6.45) is 3.28. The first-order chi connectivity index (χ1) is 14.4. The van der Waals surface area contributed by atoms with Crippen LogP contribution >= 0.6 is 11.6 Å². The first-order valence-electron chi connectivity index (χ1n) is 10.6. The Morgan fingerprint density at radius 2 is 1.97 bits per heavy atom. The van der Waals surface area contributed by atoms with Crippen molar-refractivity contribution < 1.29 is 18.4 Å². The summed E-state index contributed by atoms with van der Waals surface area (Å²) in [6, 6.07) is 5.43. The standard InChI is InChI=1S/C23H33ClN2O4Si/c1-8-9-12-28-21(27)13-16(2)18-11-10-17(14-19(18)24)22-26-25-20(30-22)15-29-31(6,7)23(3,4)5/h10-11,13-14H,8-9,12,15H2,1-7H3/b16-13+. The molecule has 0 saturated carbocycles. The van der Waals surface area contributed by atoms with E-state index in [0.717, 1.165) is 24.0 Å². The smallest absolute Gasteiger partial charge is 0.331 e. The number of carbonyl (C=O) groups excluding carboxylic acids is 1. The van der Waals surface area contributed by atoms with Gasteiger partial charge in [0.25, 0.3) is 0 Å². The van der Waals surface area contributed by atoms with E-state index in [1.54, 1.807) is 6.07 Å². The molecule has 6 nitrogen and oxygen atoms in total. The van der Waals surface area contributed by atoms with Gasteiger partial charge in [0.2, 0.25) is 11.8 Å². The van der Waals surface area contributed by atoms with Crippen LogP contribution in [0.15, 0.2) is 28.7 Å². The molecule has 0 atom stereocenters. The molecule has 0 bridgehead atoms. The van der Waals surface area contributed by atoms with E-state index in [2.05, 4.69) is 44.1 Å². The van der Waals surface area contributed by atoms with Gasteiger partial charge in [0.1, 0.15) is 6.61 Å². The van der Waals surface area contributed by atoms with Crippen molar-refractivity contribution in [1.82, 2.24) is 10.2 Å². The molecule has 0 N–H and O–H groups in total. The first-order valence-corrected chi connectivity index (χ1v) is 13.8. The highest BCUT2D eigenvalue weighted by molar-refractivity contribution is 6.74. The van der Waals surface area contributed by atoms with Crippen molar-refractivity contribution in [3.05, 3.63) is 40.8 Å². The molecule has 1 aromatic carbocycles. The van der Waals surface area contributed by atoms with Gasteiger partial charge in [0.15, 0.2) is 8.32 Å². The number of benzene rings is 1. The largest absolute Gasteiger partial charge is 0.463 e. The lowest BCUT2D eigenvalue weighted by molar-refractivity contribution is -0.137. The Kier molecular flexibility index (Phi) is 8.62. The Labute approximate surface area is 191 Å². The van der Waals surface area contributed by atoms with Crippen LogP contribution in [0.25, 0.3) is 17.0 Å². The summed E-state index contributed by atoms with van der Waals surface area (Å²) in [7, 11) is -1.90. The number of hydrogen-bond donors (Lipinski definition) is 0. The molecule has 0 aliphatic carbocycles. The number of unbranched alkanes of at least 4 members (excludes halogenated alkanes) is 1. The summed E-state index contributed by atoms with van der Waals surface area (Å²) in [5, 5.41) is 8.83. The fourth-order valence-corrected chi connectivity index (χ4v) is 3.72. The van der Waals surface area contributed by atoms with E-state index < -0.39 is 8.32 Å². The summed E-state index contributed by atoms with van der Waals surface area (Å²) in [5.41, 5.74) is 2.18. The average Bonchev–Trinajstić information content (AvgIpc) is 3.14. The molecule has 0 aliphatic heterocycles. The molecular formula is C23H33ClN2O4Si. The lowest BCUT2D eigenvalue weighted by Crippen LogP contribution is -2.40. The highest BCUT2D eigenvalue weighted by Crippen LogP contribution is 2.37. The van der Waals surface area contributed by atoms with Gasteiger partial charge in [-0.25, -0.2) is 4.79 Å². The second-order valence-electron chi connectivity index (χ2n) is 9.09. The maximum absolute atomic E-state index is 11.9. The van der Waals surface area contributed by atoms with Gasteiger partial charge in [-0.05, 0) is 54.7 Å². The maximum atomic E-state index is 11.9. The SMILES string of the molecule is CCCCOC(=O)/C=C(\C)c1ccc(-c2nnc(CO[Si](C)(C)C(C)(C)C)o2)cc1Cl. The highest BCUT2D eigenvalue weighted by atomic mass is 35.5. The average molecular weight is 465 g/mol. The van der Waals surface area contributed by atoms with Crippen LogP contribution in [0.3, 0.4) is 0 Å². The van der Waals surface area contributed by atoms with Gasteiger partial charge in [-0.15, -0.1) is 10.2 Å². The van der Waals surface area contributed by atoms with Crippen molar-refractivity contribution in [3.63, 3.8) is 0 Å². The minimum absolute atomic E-state index is 0.104. The fraction of sp³-hybridized carbons (Fsp3) is 0.522. The number of esters is 1. The van der Waals surface area contributed by atoms with Crippen molar-refractivity contribution in [2.45, 2.75) is 72.2 Å². The monoisotopic (exact) mass is 464 g/mol. The van der Waals surface area contributed by atoms with Crippen LogP contribution in [-0.2, 0) is 20.6 Å². The maximum Gasteiger partial charge on any atom is 0.331 e. The molecule has 1 aromatic heterocycles. The van der Waals surface area contributed by atoms with Crippen LogP contribution < -0.4 is 0 Å². The number of nitrogens with zero attached hydrogens (tertiary/aromatic N) is 2. The van der Waals surface area contributed by atoms with Crippen LogP contribution in [0.2, 0.25) is 23.2 Å². The van der Waals surface area contributed by atoms with Gasteiger partial charge in [-0.3, -0.25) is 0 Å². The number of halogens is 1. The molecule has 2 rings (SSSR count). The van der Waals surface area contributed by atoms with Crippen molar-refractivity contribution in [1.29, 1.82) is 0 Å². The number of ether oxygens (including phenoxy) is 1. The fourth-order valence-electron chi connectivity index (χ4n) is 2.47. The lowest BCUT2D eigenvalue weighted by atomic mass is 10.0. The third-order valence-corrected chi connectivity index (χ3v) is 10.3. The van der Waals surface area contributed by atoms with E-state index in [9.17, 15) is 4.79 Å². The Balaban J connectivity index is 2.09. The van der Waals surface area contributed by atoms with Crippen molar-refractivity contribution in [2.75, 3.05) is 6.61 Å². The van der Waals surface area contributed by atoms with Gasteiger partial charge < -0.3 is 13.6 Å². The zero-order valence-corrected chi connectivity index (χ0v) is 21.3. The van der Waals surface area contributed by atoms with E-state index in [1.165, 1.54) is 6.08 Å². The van der Waals surface area contributed by atoms with Gasteiger partial charge in [-0.1, -0.05) is 51.8 Å². The third kappa shape index (κ3) is 7.02. The van der Waals surface area contributed by atoms with E-state index in [1.807, 2.05) is 26.0 Å². The molecule has 0 unspecified atom stereocenters. The summed E-state index contributed by atoms with van der Waals surface area (Å²) in [5.74, 6) is 0.447. The minimum atomic E-state index is -1.90. The Morgan fingerprint density at radius 3 is 2.58 bits per heavy atom. The molecule has 31 heavy (non-hydrogen) atoms. The Morgan fingerprint density at radius 1 is 1.26 bits per heavy atom. The molecule has 170 valence electrons. The van der Waals surface area contributed by atoms with E-state index in [4.69, 9.17) is 25.2 Å². The number of carbonyl (C=O) groups is 1. The molecule has 2 aromatic rings. The van der Waals surface area contributed by atoms with Gasteiger partial charge in [0, 0.05) is 16.7 Å². The summed E-state index contributed by atoms with van der Waals surface area (Å²) in [6.45, 7) is 15.5. The zero-order valence-electron chi connectivity index (χ0n) is 19.5. The van der Waals surface area contributed by atoms with Crippen molar-refractivity contribution in [3.8, 4) is 11.5 Å². The molecule has 0 spiro atoms. The number of hydrogen-bond acceptors (Lipinski definition) is 6. The topological polar surface area (TPSA) is 74.5 Å². The molecular weight excluding hydrogens is 432 g/mol. The van der Waals surface area contributed by atoms with Crippen LogP contribution in [-0.4, -0.2) is 31.1 Å². The summed E-state index contributed by atoms with van der Waals surface area (Å²) < 4.78 is 17.1. The van der Waals surface area contributed by atoms with Crippen LogP contribution in [0.1, 0.15) is 58.9 Å². The quantitative estimate of drug-likeness (QED) is 0.179. The molecule has 0 fully saturated rings. The predicted molar refractivity (Wildman–Crippen MR) is 126 cm³/mol. The number of allylic oxidation sites excluding steroid dienone is 1. The van der Waals surface area contributed by atoms with Crippen molar-refractivity contribution in [2.24, 2.45) is 0 Å². The molecule has 0 aliphatic rings. The van der Waals surface area contributed by atoms with Crippen LogP contribution in [0.4, 0.5) is 0 Å². The molecule has 8 heteroatoms. The van der Waals surface area contributed by atoms with E-state index in [0.29, 0.717) is 29.0 Å². The molecule has 0 saturated heterocycles. The summed E-state index contributed by atoms with van der Waals surface area (Å²) in [4.78, 5) is 11.9. The van der Waals surface area contributed by atoms with Crippen LogP contribution in [0.5, 0.6) is 0 Å². The van der Waals surface area contributed by atoms with Crippen molar-refractivity contribution >= 4 is 31.5 Å². The van der Waals surface area contributed by atoms with Gasteiger partial charge in [-0.2, -0.15) is 0 Å². The normalized spacial score (nSPS) is 12.8. The number of aromatic nitrogens is 2. The molecule has 0 amide bonds. The van der Waals surface area contributed by atoms with E-state index in [-0.39, 0.29) is 17.6 Å². The molecule has 0 radical (unpaired) electrons. The Bertz CT molecular complexity index is 932. The van der Waals surface area contributed by atoms with Crippen LogP contribution in [0, 0.1) is 0 Å². The lowest BCUT2D eigenvalue weighted by Gasteiger charge is -2.35.